The number of likely N-dealkylation sites (tertiary alicyclic amines) is 2. The SMILES string of the molecule is CC(C)n1c(=O)c(C(=O)NCCCN2CCCCC2)c(OCC(C)n2c(=O)c(C(=O)NCCCN3CCCC3)c(O)c3ccsc32)c2ccsc21. The van der Waals surface area contributed by atoms with E-state index in [1.165, 1.54) is 59.3 Å². The normalized spacial score (nSPS) is 16.3. The molecule has 0 saturated carbocycles. The second-order valence-electron chi connectivity index (χ2n) is 14.0. The van der Waals surface area contributed by atoms with Gasteiger partial charge in [0.15, 0.2) is 0 Å². The summed E-state index contributed by atoms with van der Waals surface area (Å²) in [6.07, 6.45) is 7.55. The van der Waals surface area contributed by atoms with Crippen molar-refractivity contribution in [1.29, 1.82) is 0 Å². The maximum absolute atomic E-state index is 14.0. The number of aromatic hydroxyl groups is 1. The van der Waals surface area contributed by atoms with Crippen molar-refractivity contribution in [3.05, 3.63) is 54.7 Å². The number of aromatic nitrogens is 2. The zero-order valence-electron chi connectivity index (χ0n) is 29.9. The summed E-state index contributed by atoms with van der Waals surface area (Å²) >= 11 is 2.68. The molecule has 2 aliphatic rings. The van der Waals surface area contributed by atoms with Crippen LogP contribution in [0, 0.1) is 0 Å². The number of amides is 2. The maximum Gasteiger partial charge on any atom is 0.268 e. The number of hydrogen-bond donors (Lipinski definition) is 3. The molecule has 0 aliphatic carbocycles. The van der Waals surface area contributed by atoms with Crippen LogP contribution in [0.25, 0.3) is 20.4 Å². The molecule has 276 valence electrons. The minimum atomic E-state index is -0.627. The molecule has 4 aromatic rings. The number of fused-ring (bicyclic) bond motifs is 2. The van der Waals surface area contributed by atoms with E-state index in [0.29, 0.717) is 33.5 Å². The van der Waals surface area contributed by atoms with Gasteiger partial charge in [-0.25, -0.2) is 0 Å². The van der Waals surface area contributed by atoms with E-state index >= 15 is 0 Å². The maximum atomic E-state index is 14.0. The van der Waals surface area contributed by atoms with Crippen LogP contribution < -0.4 is 26.5 Å². The molecule has 0 aromatic carbocycles. The molecule has 4 aromatic heterocycles. The predicted octanol–water partition coefficient (Wildman–Crippen LogP) is 5.19. The van der Waals surface area contributed by atoms with Crippen molar-refractivity contribution in [2.45, 2.75) is 77.8 Å². The van der Waals surface area contributed by atoms with E-state index < -0.39 is 29.0 Å². The van der Waals surface area contributed by atoms with Gasteiger partial charge in [-0.15, -0.1) is 22.7 Å². The first-order valence-electron chi connectivity index (χ1n) is 18.3. The van der Waals surface area contributed by atoms with Crippen molar-refractivity contribution < 1.29 is 19.4 Å². The Bertz CT molecular complexity index is 1970. The molecule has 12 nitrogen and oxygen atoms in total. The van der Waals surface area contributed by atoms with E-state index in [1.807, 2.05) is 25.3 Å². The van der Waals surface area contributed by atoms with E-state index in [0.717, 1.165) is 52.1 Å². The molecule has 2 aliphatic heterocycles. The molecule has 0 bridgehead atoms. The van der Waals surface area contributed by atoms with Gasteiger partial charge >= 0.3 is 0 Å². The second kappa shape index (κ2) is 16.7. The summed E-state index contributed by atoms with van der Waals surface area (Å²) in [5.74, 6) is -1.27. The lowest BCUT2D eigenvalue weighted by molar-refractivity contribution is 0.0935. The number of nitrogens with one attached hydrogen (secondary N) is 2. The fourth-order valence-electron chi connectivity index (χ4n) is 7.30. The third-order valence-electron chi connectivity index (χ3n) is 9.96. The molecule has 2 saturated heterocycles. The van der Waals surface area contributed by atoms with E-state index in [9.17, 15) is 24.3 Å². The molecule has 6 rings (SSSR count). The number of nitrogens with zero attached hydrogens (tertiary/aromatic N) is 4. The predicted molar refractivity (Wildman–Crippen MR) is 204 cm³/mol. The van der Waals surface area contributed by atoms with Crippen LogP contribution in [0.1, 0.15) is 98.5 Å². The van der Waals surface area contributed by atoms with Crippen molar-refractivity contribution in [2.24, 2.45) is 0 Å². The molecule has 1 unspecified atom stereocenters. The van der Waals surface area contributed by atoms with E-state index in [2.05, 4.69) is 20.4 Å². The average Bonchev–Trinajstić information content (AvgIpc) is 3.91. The van der Waals surface area contributed by atoms with Crippen LogP contribution in [0.3, 0.4) is 0 Å². The highest BCUT2D eigenvalue weighted by Crippen LogP contribution is 2.35. The molecule has 0 radical (unpaired) electrons. The lowest BCUT2D eigenvalue weighted by Crippen LogP contribution is -2.37. The molecule has 0 spiro atoms. The van der Waals surface area contributed by atoms with Gasteiger partial charge in [0.25, 0.3) is 22.9 Å². The number of pyridine rings is 2. The standard InChI is InChI=1S/C37H50N6O6S2/c1-24(2)42-35(48)29(33(46)39-14-10-19-40-15-5-4-6-16-40)31(27-12-22-51-37(27)42)49-23-25(3)43-34(47)28(30(44)26-11-21-50-36(26)43)32(45)38-13-9-20-41-17-7-8-18-41/h11-12,21-22,24-25,44H,4-10,13-20,23H2,1-3H3,(H,38,45)(H,39,46). The third kappa shape index (κ3) is 8.03. The zero-order valence-corrected chi connectivity index (χ0v) is 31.5. The fourth-order valence-corrected chi connectivity index (χ4v) is 9.33. The van der Waals surface area contributed by atoms with Gasteiger partial charge in [0.2, 0.25) is 0 Å². The Morgan fingerprint density at radius 1 is 0.765 bits per heavy atom. The Morgan fingerprint density at radius 2 is 1.27 bits per heavy atom. The van der Waals surface area contributed by atoms with Crippen LogP contribution in [0.4, 0.5) is 0 Å². The molecular weight excluding hydrogens is 689 g/mol. The highest BCUT2D eigenvalue weighted by atomic mass is 32.1. The molecule has 14 heteroatoms. The van der Waals surface area contributed by atoms with Crippen molar-refractivity contribution in [3.8, 4) is 11.5 Å². The Morgan fingerprint density at radius 3 is 1.86 bits per heavy atom. The van der Waals surface area contributed by atoms with Gasteiger partial charge in [0.05, 0.1) is 16.8 Å². The quantitative estimate of drug-likeness (QED) is 0.142. The average molecular weight is 739 g/mol. The van der Waals surface area contributed by atoms with Gasteiger partial charge in [-0.3, -0.25) is 28.3 Å². The van der Waals surface area contributed by atoms with Crippen LogP contribution in [-0.2, 0) is 0 Å². The van der Waals surface area contributed by atoms with Crippen LogP contribution in [0.5, 0.6) is 11.5 Å². The van der Waals surface area contributed by atoms with Gasteiger partial charge in [-0.1, -0.05) is 6.42 Å². The summed E-state index contributed by atoms with van der Waals surface area (Å²) in [4.78, 5) is 61.1. The minimum Gasteiger partial charge on any atom is -0.506 e. The lowest BCUT2D eigenvalue weighted by atomic mass is 10.1. The molecule has 2 fully saturated rings. The molecule has 1 atom stereocenters. The Kier molecular flexibility index (Phi) is 12.2. The number of rotatable bonds is 15. The van der Waals surface area contributed by atoms with Gasteiger partial charge in [-0.05, 0) is 121 Å². The number of carbonyl (C=O) groups is 2. The summed E-state index contributed by atoms with van der Waals surface area (Å²) < 4.78 is 9.51. The summed E-state index contributed by atoms with van der Waals surface area (Å²) in [5.41, 5.74) is -1.42. The zero-order chi connectivity index (χ0) is 36.1. The highest BCUT2D eigenvalue weighted by Gasteiger charge is 2.28. The molecule has 3 N–H and O–H groups in total. The van der Waals surface area contributed by atoms with Crippen LogP contribution in [-0.4, -0.2) is 94.8 Å². The van der Waals surface area contributed by atoms with Crippen molar-refractivity contribution in [3.63, 3.8) is 0 Å². The van der Waals surface area contributed by atoms with E-state index in [4.69, 9.17) is 4.74 Å². The van der Waals surface area contributed by atoms with Crippen LogP contribution >= 0.6 is 22.7 Å². The van der Waals surface area contributed by atoms with Crippen LogP contribution in [0.2, 0.25) is 0 Å². The number of ether oxygens (including phenoxy) is 1. The first-order chi connectivity index (χ1) is 24.7. The minimum absolute atomic E-state index is 0.0620. The fraction of sp³-hybridized carbons (Fsp3) is 0.568. The third-order valence-corrected chi connectivity index (χ3v) is 11.8. The second-order valence-corrected chi connectivity index (χ2v) is 15.8. The smallest absolute Gasteiger partial charge is 0.268 e. The number of hydrogen-bond acceptors (Lipinski definition) is 10. The van der Waals surface area contributed by atoms with Gasteiger partial charge in [0, 0.05) is 19.1 Å². The molecule has 6 heterocycles. The first kappa shape index (κ1) is 37.1. The van der Waals surface area contributed by atoms with Crippen LogP contribution in [0.15, 0.2) is 32.5 Å². The van der Waals surface area contributed by atoms with Crippen molar-refractivity contribution >= 4 is 54.9 Å². The van der Waals surface area contributed by atoms with Gasteiger partial charge < -0.3 is 30.3 Å². The topological polar surface area (TPSA) is 138 Å². The highest BCUT2D eigenvalue weighted by molar-refractivity contribution is 7.17. The Labute approximate surface area is 306 Å². The van der Waals surface area contributed by atoms with E-state index in [1.54, 1.807) is 22.9 Å². The summed E-state index contributed by atoms with van der Waals surface area (Å²) in [5, 5.41) is 21.6. The molecular formula is C37H50N6O6S2. The summed E-state index contributed by atoms with van der Waals surface area (Å²) in [6.45, 7) is 12.4. The summed E-state index contributed by atoms with van der Waals surface area (Å²) in [7, 11) is 0. The van der Waals surface area contributed by atoms with E-state index in [-0.39, 0.29) is 35.3 Å². The van der Waals surface area contributed by atoms with Crippen molar-refractivity contribution in [1.82, 2.24) is 29.6 Å². The van der Waals surface area contributed by atoms with Gasteiger partial charge in [0.1, 0.15) is 38.9 Å². The van der Waals surface area contributed by atoms with Gasteiger partial charge in [-0.2, -0.15) is 0 Å². The molecule has 2 amide bonds. The Balaban J connectivity index is 1.24. The first-order valence-corrected chi connectivity index (χ1v) is 20.1. The largest absolute Gasteiger partial charge is 0.506 e. The summed E-state index contributed by atoms with van der Waals surface area (Å²) in [6, 6.07) is 2.73. The molecule has 51 heavy (non-hydrogen) atoms. The monoisotopic (exact) mass is 738 g/mol. The lowest BCUT2D eigenvalue weighted by Gasteiger charge is -2.26. The number of piperidine rings is 1. The number of carbonyl (C=O) groups excluding carboxylic acids is 2. The van der Waals surface area contributed by atoms with Crippen molar-refractivity contribution in [2.75, 3.05) is 59.0 Å². The Hall–Kier alpha value is -3.72. The number of thiophene rings is 2.